The number of nitrogens with two attached hydrogens (primary N) is 1. The van der Waals surface area contributed by atoms with Crippen LogP contribution in [0.2, 0.25) is 0 Å². The molecule has 4 atom stereocenters. The fourth-order valence-electron chi connectivity index (χ4n) is 3.79. The number of aliphatic carboxylic acids is 1. The maximum atomic E-state index is 12.9. The van der Waals surface area contributed by atoms with Gasteiger partial charge >= 0.3 is 5.97 Å². The van der Waals surface area contributed by atoms with E-state index in [0.717, 1.165) is 0 Å². The average Bonchev–Trinajstić information content (AvgIpc) is 3.07. The molecule has 10 N–H and O–H groups in total. The number of rotatable bonds is 27. The van der Waals surface area contributed by atoms with Crippen LogP contribution in [0.4, 0.5) is 0 Å². The van der Waals surface area contributed by atoms with E-state index in [1.165, 1.54) is 35.3 Å². The Labute approximate surface area is 303 Å². The van der Waals surface area contributed by atoms with Crippen molar-refractivity contribution in [2.24, 2.45) is 5.73 Å². The normalized spacial score (nSPS) is 13.1. The lowest BCUT2D eigenvalue weighted by Gasteiger charge is -2.21. The summed E-state index contributed by atoms with van der Waals surface area (Å²) in [6.45, 7) is -2.00. The van der Waals surface area contributed by atoms with Crippen LogP contribution in [0.25, 0.3) is 0 Å². The maximum Gasteiger partial charge on any atom is 0.322 e. The second-order valence-electron chi connectivity index (χ2n) is 10.4. The lowest BCUT2D eigenvalue weighted by atomic mass is 10.2. The smallest absolute Gasteiger partial charge is 0.322 e. The van der Waals surface area contributed by atoms with Crippen LogP contribution in [0.5, 0.6) is 0 Å². The zero-order valence-corrected chi connectivity index (χ0v) is 31.5. The largest absolute Gasteiger partial charge is 0.480 e. The molecule has 280 valence electrons. The first-order valence-corrected chi connectivity index (χ1v) is 20.8. The number of thioether (sulfide) groups is 4. The molecule has 0 spiro atoms. The third-order valence-corrected chi connectivity index (χ3v) is 9.02. The van der Waals surface area contributed by atoms with E-state index in [9.17, 15) is 38.4 Å². The van der Waals surface area contributed by atoms with Gasteiger partial charge in [-0.25, -0.2) is 0 Å². The average molecular weight is 771 g/mol. The summed E-state index contributed by atoms with van der Waals surface area (Å²) in [5.74, 6) is -3.48. The zero-order valence-electron chi connectivity index (χ0n) is 28.2. The summed E-state index contributed by atoms with van der Waals surface area (Å²) in [6, 6.07) is -3.81. The molecule has 0 heterocycles. The highest BCUT2D eigenvalue weighted by atomic mass is 32.2. The Balaban J connectivity index is 5.12. The number of amides is 7. The molecule has 0 bridgehead atoms. The van der Waals surface area contributed by atoms with Gasteiger partial charge in [0.25, 0.3) is 0 Å². The molecule has 0 rings (SSSR count). The third kappa shape index (κ3) is 22.5. The molecule has 0 radical (unpaired) electrons. The molecule has 0 aliphatic heterocycles. The second kappa shape index (κ2) is 27.9. The number of nitrogens with one attached hydrogen (secondary N) is 7. The predicted molar refractivity (Wildman–Crippen MR) is 195 cm³/mol. The molecule has 0 saturated carbocycles. The van der Waals surface area contributed by atoms with E-state index < -0.39 is 91.1 Å². The van der Waals surface area contributed by atoms with E-state index in [2.05, 4.69) is 37.2 Å². The molecule has 0 unspecified atom stereocenters. The van der Waals surface area contributed by atoms with E-state index in [1.807, 2.05) is 18.8 Å². The van der Waals surface area contributed by atoms with Crippen molar-refractivity contribution in [2.45, 2.75) is 49.9 Å². The summed E-state index contributed by atoms with van der Waals surface area (Å²) in [4.78, 5) is 98.7. The van der Waals surface area contributed by atoms with E-state index >= 15 is 0 Å². The van der Waals surface area contributed by atoms with Crippen molar-refractivity contribution < 1.29 is 43.5 Å². The van der Waals surface area contributed by atoms with Gasteiger partial charge < -0.3 is 48.1 Å². The molecule has 21 heteroatoms. The Hall–Kier alpha value is -2.88. The highest BCUT2D eigenvalue weighted by Crippen LogP contribution is 2.04. The minimum absolute atomic E-state index is 0.210. The summed E-state index contributed by atoms with van der Waals surface area (Å²) in [5.41, 5.74) is 5.81. The van der Waals surface area contributed by atoms with E-state index in [0.29, 0.717) is 29.4 Å². The van der Waals surface area contributed by atoms with Gasteiger partial charge in [-0.15, -0.1) is 0 Å². The number of hydrogen-bond acceptors (Lipinski definition) is 13. The predicted octanol–water partition coefficient (Wildman–Crippen LogP) is -2.67. The van der Waals surface area contributed by atoms with Crippen LogP contribution >= 0.6 is 47.0 Å². The van der Waals surface area contributed by atoms with E-state index in [1.54, 1.807) is 18.0 Å². The lowest BCUT2D eigenvalue weighted by molar-refractivity contribution is -0.138. The van der Waals surface area contributed by atoms with Gasteiger partial charge in [0.1, 0.15) is 24.7 Å². The third-order valence-electron chi connectivity index (χ3n) is 6.44. The highest BCUT2D eigenvalue weighted by Gasteiger charge is 2.26. The fourth-order valence-corrected chi connectivity index (χ4v) is 5.69. The van der Waals surface area contributed by atoms with Crippen LogP contribution < -0.4 is 43.0 Å². The van der Waals surface area contributed by atoms with Gasteiger partial charge in [0.15, 0.2) is 0 Å². The Morgan fingerprint density at radius 3 is 1.08 bits per heavy atom. The van der Waals surface area contributed by atoms with Gasteiger partial charge in [-0.05, 0) is 73.7 Å². The van der Waals surface area contributed by atoms with E-state index in [-0.39, 0.29) is 25.8 Å². The van der Waals surface area contributed by atoms with Crippen LogP contribution in [0.1, 0.15) is 25.7 Å². The van der Waals surface area contributed by atoms with Crippen LogP contribution in [0.15, 0.2) is 0 Å². The first-order chi connectivity index (χ1) is 23.3. The first-order valence-electron chi connectivity index (χ1n) is 15.2. The van der Waals surface area contributed by atoms with Crippen LogP contribution in [0, 0.1) is 0 Å². The summed E-state index contributed by atoms with van der Waals surface area (Å²) in [6.07, 6.45) is 8.47. The Morgan fingerprint density at radius 1 is 0.490 bits per heavy atom. The van der Waals surface area contributed by atoms with Crippen molar-refractivity contribution in [3.63, 3.8) is 0 Å². The Morgan fingerprint density at radius 2 is 0.776 bits per heavy atom. The number of carbonyl (C=O) groups excluding carboxylic acids is 7. The van der Waals surface area contributed by atoms with Gasteiger partial charge in [-0.3, -0.25) is 38.4 Å². The minimum atomic E-state index is -1.24. The molecule has 0 aromatic heterocycles. The molecule has 0 aromatic carbocycles. The van der Waals surface area contributed by atoms with Gasteiger partial charge in [0.05, 0.1) is 25.7 Å². The second-order valence-corrected chi connectivity index (χ2v) is 14.3. The summed E-state index contributed by atoms with van der Waals surface area (Å²) >= 11 is 5.84. The van der Waals surface area contributed by atoms with Crippen molar-refractivity contribution in [3.8, 4) is 0 Å². The minimum Gasteiger partial charge on any atom is -0.480 e. The number of carboxylic acids is 1. The molecular weight excluding hydrogens is 721 g/mol. The molecule has 49 heavy (non-hydrogen) atoms. The number of carboxylic acid groups (broad SMARTS) is 1. The highest BCUT2D eigenvalue weighted by molar-refractivity contribution is 7.99. The molecule has 0 saturated heterocycles. The SMILES string of the molecule is CSCC[C@H](NC(=O)CNC(=O)[C@H](CCSC)NC(=O)CNC(=O)[C@H](CCSC)NC(=O)CNC(=O)[C@@H](N)CCSC)C(=O)NCC(=O)O. The fraction of sp³-hybridized carbons (Fsp3) is 0.714. The monoisotopic (exact) mass is 770 g/mol. The maximum absolute atomic E-state index is 12.9. The molecule has 7 amide bonds. The number of hydrogen-bond donors (Lipinski definition) is 9. The Bertz CT molecular complexity index is 1110. The van der Waals surface area contributed by atoms with Crippen LogP contribution in [-0.4, -0.2) is 151 Å². The van der Waals surface area contributed by atoms with Gasteiger partial charge in [0.2, 0.25) is 41.4 Å². The molecule has 0 aliphatic carbocycles. The summed E-state index contributed by atoms with van der Waals surface area (Å²) in [5, 5.41) is 25.9. The molecule has 0 aromatic rings. The zero-order chi connectivity index (χ0) is 37.2. The van der Waals surface area contributed by atoms with Crippen molar-refractivity contribution in [1.29, 1.82) is 0 Å². The number of carbonyl (C=O) groups is 8. The quantitative estimate of drug-likeness (QED) is 0.0413. The van der Waals surface area contributed by atoms with Crippen molar-refractivity contribution in [1.82, 2.24) is 37.2 Å². The van der Waals surface area contributed by atoms with Gasteiger partial charge in [-0.1, -0.05) is 0 Å². The molecule has 0 aliphatic rings. The first kappa shape index (κ1) is 46.1. The summed E-state index contributed by atoms with van der Waals surface area (Å²) in [7, 11) is 0. The Kier molecular flexibility index (Phi) is 26.2. The van der Waals surface area contributed by atoms with Gasteiger partial charge in [0, 0.05) is 0 Å². The summed E-state index contributed by atoms with van der Waals surface area (Å²) < 4.78 is 0. The van der Waals surface area contributed by atoms with Crippen LogP contribution in [-0.2, 0) is 38.4 Å². The van der Waals surface area contributed by atoms with Crippen molar-refractivity contribution >= 4 is 94.4 Å². The van der Waals surface area contributed by atoms with Gasteiger partial charge in [-0.2, -0.15) is 47.0 Å². The lowest BCUT2D eigenvalue weighted by Crippen LogP contribution is -2.54. The molecule has 17 nitrogen and oxygen atoms in total. The molecule has 0 fully saturated rings. The van der Waals surface area contributed by atoms with E-state index in [4.69, 9.17) is 10.8 Å². The topological polar surface area (TPSA) is 267 Å². The van der Waals surface area contributed by atoms with Crippen molar-refractivity contribution in [2.75, 3.05) is 74.2 Å². The molecular formula is C28H50N8O9S4. The van der Waals surface area contributed by atoms with Crippen LogP contribution in [0.3, 0.4) is 0 Å². The standard InChI is InChI=1S/C28H50N8O9S4/c1-46-9-5-17(29)25(42)30-13-21(37)34-18(6-10-47-2)26(43)31-14-22(38)35-19(7-11-48-3)27(44)32-15-23(39)36-20(8-12-49-4)28(45)33-16-24(40)41/h17-20H,5-16,29H2,1-4H3,(H,30,42)(H,31,43)(H,32,44)(H,33,45)(H,34,37)(H,35,38)(H,36,39)(H,40,41)/t17-,18-,19-,20-/m0/s1. The van der Waals surface area contributed by atoms with Crippen molar-refractivity contribution in [3.05, 3.63) is 0 Å².